The number of halogens is 2. The Morgan fingerprint density at radius 1 is 1.14 bits per heavy atom. The van der Waals surface area contributed by atoms with Gasteiger partial charge >= 0.3 is 0 Å². The van der Waals surface area contributed by atoms with Gasteiger partial charge in [0, 0.05) is 12.1 Å². The highest BCUT2D eigenvalue weighted by atomic mass is 19.2. The number of hydrogen-bond donors (Lipinski definition) is 1. The molecule has 3 nitrogen and oxygen atoms in total. The van der Waals surface area contributed by atoms with Crippen molar-refractivity contribution < 1.29 is 13.6 Å². The fraction of sp³-hybridized carbons (Fsp3) is 0.0588. The molecule has 0 unspecified atom stereocenters. The van der Waals surface area contributed by atoms with Gasteiger partial charge in [-0.2, -0.15) is 5.26 Å². The van der Waals surface area contributed by atoms with Gasteiger partial charge in [0.1, 0.15) is 11.6 Å². The van der Waals surface area contributed by atoms with Crippen LogP contribution in [0.3, 0.4) is 0 Å². The highest BCUT2D eigenvalue weighted by molar-refractivity contribution is 6.01. The molecule has 0 saturated carbocycles. The third-order valence-electron chi connectivity index (χ3n) is 2.94. The Balaban J connectivity index is 2.14. The summed E-state index contributed by atoms with van der Waals surface area (Å²) < 4.78 is 26.7. The molecule has 0 aliphatic rings. The molecule has 0 atom stereocenters. The van der Waals surface area contributed by atoms with Crippen molar-refractivity contribution in [3.05, 3.63) is 76.9 Å². The zero-order chi connectivity index (χ0) is 15.9. The topological polar surface area (TPSA) is 52.9 Å². The maximum atomic E-state index is 13.6. The first-order valence-electron chi connectivity index (χ1n) is 6.49. The fourth-order valence-electron chi connectivity index (χ4n) is 1.81. The van der Waals surface area contributed by atoms with Crippen LogP contribution in [0.4, 0.5) is 8.78 Å². The normalized spacial score (nSPS) is 10.9. The lowest BCUT2D eigenvalue weighted by Crippen LogP contribution is -2.23. The Hall–Kier alpha value is -3.00. The molecule has 0 aliphatic carbocycles. The van der Waals surface area contributed by atoms with E-state index in [4.69, 9.17) is 5.26 Å². The second-order valence-electron chi connectivity index (χ2n) is 4.48. The Morgan fingerprint density at radius 2 is 1.86 bits per heavy atom. The first-order chi connectivity index (χ1) is 10.6. The minimum atomic E-state index is -1.09. The van der Waals surface area contributed by atoms with Crippen molar-refractivity contribution in [1.29, 1.82) is 5.26 Å². The lowest BCUT2D eigenvalue weighted by molar-refractivity contribution is -0.117. The van der Waals surface area contributed by atoms with Gasteiger partial charge in [-0.05, 0) is 17.7 Å². The van der Waals surface area contributed by atoms with Crippen LogP contribution in [0.15, 0.2) is 54.1 Å². The SMILES string of the molecule is N#C/C(=C/c1cccc(F)c1F)C(=O)NCc1ccccc1. The van der Waals surface area contributed by atoms with Crippen molar-refractivity contribution in [3.8, 4) is 6.07 Å². The Bertz CT molecular complexity index is 749. The maximum Gasteiger partial charge on any atom is 0.262 e. The minimum absolute atomic E-state index is 0.147. The quantitative estimate of drug-likeness (QED) is 0.696. The first-order valence-corrected chi connectivity index (χ1v) is 6.49. The Kier molecular flexibility index (Phi) is 4.99. The average Bonchev–Trinajstić information content (AvgIpc) is 2.55. The number of benzene rings is 2. The van der Waals surface area contributed by atoms with E-state index in [1.807, 2.05) is 30.3 Å². The highest BCUT2D eigenvalue weighted by Gasteiger charge is 2.12. The van der Waals surface area contributed by atoms with Crippen LogP contribution in [0.1, 0.15) is 11.1 Å². The number of amides is 1. The van der Waals surface area contributed by atoms with E-state index >= 15 is 0 Å². The van der Waals surface area contributed by atoms with Gasteiger partial charge in [-0.1, -0.05) is 42.5 Å². The maximum absolute atomic E-state index is 13.6. The first kappa shape index (κ1) is 15.4. The molecule has 5 heteroatoms. The van der Waals surface area contributed by atoms with Crippen molar-refractivity contribution in [3.63, 3.8) is 0 Å². The molecule has 0 radical (unpaired) electrons. The lowest BCUT2D eigenvalue weighted by atomic mass is 10.1. The van der Waals surface area contributed by atoms with Crippen LogP contribution in [-0.4, -0.2) is 5.91 Å². The molecule has 0 aromatic heterocycles. The van der Waals surface area contributed by atoms with E-state index in [0.717, 1.165) is 17.7 Å². The molecule has 0 aliphatic heterocycles. The second-order valence-corrected chi connectivity index (χ2v) is 4.48. The summed E-state index contributed by atoms with van der Waals surface area (Å²) >= 11 is 0. The van der Waals surface area contributed by atoms with Crippen molar-refractivity contribution in [2.24, 2.45) is 0 Å². The number of nitrogens with one attached hydrogen (secondary N) is 1. The fourth-order valence-corrected chi connectivity index (χ4v) is 1.81. The van der Waals surface area contributed by atoms with E-state index < -0.39 is 17.5 Å². The highest BCUT2D eigenvalue weighted by Crippen LogP contribution is 2.15. The van der Waals surface area contributed by atoms with Crippen LogP contribution in [0.5, 0.6) is 0 Å². The zero-order valence-corrected chi connectivity index (χ0v) is 11.5. The zero-order valence-electron chi connectivity index (χ0n) is 11.5. The van der Waals surface area contributed by atoms with Crippen LogP contribution in [0, 0.1) is 23.0 Å². The number of carbonyl (C=O) groups excluding carboxylic acids is 1. The van der Waals surface area contributed by atoms with Crippen LogP contribution in [-0.2, 0) is 11.3 Å². The van der Waals surface area contributed by atoms with E-state index in [2.05, 4.69) is 5.32 Å². The molecule has 1 amide bonds. The molecule has 2 aromatic rings. The smallest absolute Gasteiger partial charge is 0.262 e. The summed E-state index contributed by atoms with van der Waals surface area (Å²) in [4.78, 5) is 11.9. The number of hydrogen-bond acceptors (Lipinski definition) is 2. The molecular weight excluding hydrogens is 286 g/mol. The number of rotatable bonds is 4. The summed E-state index contributed by atoms with van der Waals surface area (Å²) in [5.74, 6) is -2.77. The van der Waals surface area contributed by atoms with Crippen molar-refractivity contribution in [1.82, 2.24) is 5.32 Å². The van der Waals surface area contributed by atoms with Gasteiger partial charge in [0.15, 0.2) is 11.6 Å². The van der Waals surface area contributed by atoms with E-state index in [1.165, 1.54) is 12.1 Å². The predicted octanol–water partition coefficient (Wildman–Crippen LogP) is 3.19. The van der Waals surface area contributed by atoms with Gasteiger partial charge in [0.05, 0.1) is 0 Å². The Morgan fingerprint density at radius 3 is 2.55 bits per heavy atom. The molecule has 110 valence electrons. The monoisotopic (exact) mass is 298 g/mol. The van der Waals surface area contributed by atoms with Gasteiger partial charge in [-0.15, -0.1) is 0 Å². The summed E-state index contributed by atoms with van der Waals surface area (Å²) in [6, 6.07) is 14.4. The Labute approximate surface area is 126 Å². The summed E-state index contributed by atoms with van der Waals surface area (Å²) in [6.07, 6.45) is 1.03. The van der Waals surface area contributed by atoms with Crippen LogP contribution in [0.25, 0.3) is 6.08 Å². The molecule has 0 fully saturated rings. The van der Waals surface area contributed by atoms with Gasteiger partial charge < -0.3 is 5.32 Å². The molecule has 0 bridgehead atoms. The number of carbonyl (C=O) groups is 1. The van der Waals surface area contributed by atoms with Gasteiger partial charge in [-0.25, -0.2) is 8.78 Å². The van der Waals surface area contributed by atoms with Gasteiger partial charge in [-0.3, -0.25) is 4.79 Å². The minimum Gasteiger partial charge on any atom is -0.347 e. The second kappa shape index (κ2) is 7.14. The molecule has 22 heavy (non-hydrogen) atoms. The van der Waals surface area contributed by atoms with Gasteiger partial charge in [0.2, 0.25) is 0 Å². The number of nitrogens with zero attached hydrogens (tertiary/aromatic N) is 1. The molecule has 0 saturated heterocycles. The molecule has 2 rings (SSSR count). The van der Waals surface area contributed by atoms with E-state index in [1.54, 1.807) is 6.07 Å². The van der Waals surface area contributed by atoms with Crippen molar-refractivity contribution >= 4 is 12.0 Å². The van der Waals surface area contributed by atoms with E-state index in [-0.39, 0.29) is 17.7 Å². The number of nitriles is 1. The summed E-state index contributed by atoms with van der Waals surface area (Å²) in [5, 5.41) is 11.6. The summed E-state index contributed by atoms with van der Waals surface area (Å²) in [6.45, 7) is 0.240. The average molecular weight is 298 g/mol. The third kappa shape index (κ3) is 3.76. The largest absolute Gasteiger partial charge is 0.347 e. The molecule has 0 spiro atoms. The van der Waals surface area contributed by atoms with Crippen LogP contribution < -0.4 is 5.32 Å². The molecular formula is C17H12F2N2O. The predicted molar refractivity (Wildman–Crippen MR) is 78.2 cm³/mol. The molecule has 0 heterocycles. The summed E-state index contributed by atoms with van der Waals surface area (Å²) in [7, 11) is 0. The summed E-state index contributed by atoms with van der Waals surface area (Å²) in [5.41, 5.74) is 0.428. The van der Waals surface area contributed by atoms with Crippen molar-refractivity contribution in [2.45, 2.75) is 6.54 Å². The standard InChI is InChI=1S/C17H12F2N2O/c18-15-8-4-7-13(16(15)19)9-14(10-20)17(22)21-11-12-5-2-1-3-6-12/h1-9H,11H2,(H,21,22)/b14-9-. The molecule has 2 aromatic carbocycles. The van der Waals surface area contributed by atoms with Crippen LogP contribution in [0.2, 0.25) is 0 Å². The van der Waals surface area contributed by atoms with E-state index in [9.17, 15) is 13.6 Å². The molecule has 1 N–H and O–H groups in total. The van der Waals surface area contributed by atoms with E-state index in [0.29, 0.717) is 0 Å². The van der Waals surface area contributed by atoms with Crippen molar-refractivity contribution in [2.75, 3.05) is 0 Å². The van der Waals surface area contributed by atoms with Gasteiger partial charge in [0.25, 0.3) is 5.91 Å². The van der Waals surface area contributed by atoms with Crippen LogP contribution >= 0.6 is 0 Å². The lowest BCUT2D eigenvalue weighted by Gasteiger charge is -2.05. The third-order valence-corrected chi connectivity index (χ3v) is 2.94.